The fourth-order valence-electron chi connectivity index (χ4n) is 2.26. The molecule has 0 amide bonds. The van der Waals surface area contributed by atoms with Gasteiger partial charge in [0.1, 0.15) is 5.82 Å². The third kappa shape index (κ3) is 3.85. The first-order valence-electron chi connectivity index (χ1n) is 7.00. The minimum absolute atomic E-state index is 0.0812. The van der Waals surface area contributed by atoms with E-state index in [-0.39, 0.29) is 17.3 Å². The van der Waals surface area contributed by atoms with Crippen molar-refractivity contribution in [2.75, 3.05) is 20.8 Å². The lowest BCUT2D eigenvalue weighted by Crippen LogP contribution is -2.33. The Morgan fingerprint density at radius 2 is 1.70 bits per heavy atom. The average Bonchev–Trinajstić information content (AvgIpc) is 2.38. The second-order valence-electron chi connectivity index (χ2n) is 5.98. The number of hydrogen-bond acceptors (Lipinski definition) is 3. The van der Waals surface area contributed by atoms with E-state index in [0.717, 1.165) is 13.0 Å². The van der Waals surface area contributed by atoms with Gasteiger partial charge in [-0.3, -0.25) is 0 Å². The minimum atomic E-state index is -0.272. The van der Waals surface area contributed by atoms with Gasteiger partial charge in [0.25, 0.3) is 0 Å². The van der Waals surface area contributed by atoms with Gasteiger partial charge in [-0.05, 0) is 24.4 Å². The van der Waals surface area contributed by atoms with Gasteiger partial charge in [-0.15, -0.1) is 0 Å². The van der Waals surface area contributed by atoms with E-state index in [4.69, 9.17) is 9.47 Å². The summed E-state index contributed by atoms with van der Waals surface area (Å²) in [6.45, 7) is 9.22. The summed E-state index contributed by atoms with van der Waals surface area (Å²) >= 11 is 0. The first kappa shape index (κ1) is 16.8. The van der Waals surface area contributed by atoms with Crippen LogP contribution in [0.25, 0.3) is 0 Å². The Hall–Kier alpha value is -1.29. The molecule has 0 spiro atoms. The van der Waals surface area contributed by atoms with Gasteiger partial charge in [0.15, 0.2) is 11.5 Å². The number of rotatable bonds is 6. The Balaban J connectivity index is 3.25. The molecule has 1 atom stereocenters. The summed E-state index contributed by atoms with van der Waals surface area (Å²) in [6.07, 6.45) is 1.00. The van der Waals surface area contributed by atoms with Crippen molar-refractivity contribution in [1.82, 2.24) is 5.32 Å². The molecule has 114 valence electrons. The molecule has 0 aliphatic carbocycles. The molecular formula is C16H26FNO2. The van der Waals surface area contributed by atoms with Crippen LogP contribution in [0, 0.1) is 11.2 Å². The number of halogens is 1. The highest BCUT2D eigenvalue weighted by atomic mass is 19.1. The van der Waals surface area contributed by atoms with E-state index in [1.165, 1.54) is 13.2 Å². The molecule has 1 N–H and O–H groups in total. The summed E-state index contributed by atoms with van der Waals surface area (Å²) in [6, 6.07) is 3.04. The molecular weight excluding hydrogens is 257 g/mol. The van der Waals surface area contributed by atoms with Crippen LogP contribution < -0.4 is 14.8 Å². The van der Waals surface area contributed by atoms with Crippen molar-refractivity contribution in [3.8, 4) is 11.5 Å². The minimum Gasteiger partial charge on any atom is -0.493 e. The van der Waals surface area contributed by atoms with Gasteiger partial charge in [0.05, 0.1) is 14.2 Å². The molecule has 0 saturated heterocycles. The van der Waals surface area contributed by atoms with Crippen molar-refractivity contribution < 1.29 is 13.9 Å². The molecule has 1 aromatic rings. The van der Waals surface area contributed by atoms with Crippen molar-refractivity contribution in [1.29, 1.82) is 0 Å². The molecule has 4 heteroatoms. The van der Waals surface area contributed by atoms with Crippen LogP contribution in [-0.2, 0) is 0 Å². The lowest BCUT2D eigenvalue weighted by molar-refractivity contribution is 0.264. The van der Waals surface area contributed by atoms with Crippen molar-refractivity contribution in [2.45, 2.75) is 40.2 Å². The van der Waals surface area contributed by atoms with E-state index in [0.29, 0.717) is 17.1 Å². The molecule has 1 aromatic carbocycles. The second-order valence-corrected chi connectivity index (χ2v) is 5.98. The molecule has 0 heterocycles. The highest BCUT2D eigenvalue weighted by molar-refractivity contribution is 5.45. The number of nitrogens with one attached hydrogen (secondary N) is 1. The van der Waals surface area contributed by atoms with Gasteiger partial charge in [-0.2, -0.15) is 0 Å². The summed E-state index contributed by atoms with van der Waals surface area (Å²) < 4.78 is 24.8. The van der Waals surface area contributed by atoms with E-state index in [1.807, 2.05) is 0 Å². The van der Waals surface area contributed by atoms with E-state index >= 15 is 0 Å². The van der Waals surface area contributed by atoms with Gasteiger partial charge in [-0.1, -0.05) is 27.7 Å². The Labute approximate surface area is 121 Å². The van der Waals surface area contributed by atoms with E-state index < -0.39 is 0 Å². The highest BCUT2D eigenvalue weighted by Crippen LogP contribution is 2.39. The summed E-state index contributed by atoms with van der Waals surface area (Å²) in [7, 11) is 3.07. The van der Waals surface area contributed by atoms with Gasteiger partial charge in [-0.25, -0.2) is 4.39 Å². The first-order valence-corrected chi connectivity index (χ1v) is 7.00. The molecule has 0 aromatic heterocycles. The fraction of sp³-hybridized carbons (Fsp3) is 0.625. The quantitative estimate of drug-likeness (QED) is 0.858. The molecule has 1 unspecified atom stereocenters. The monoisotopic (exact) mass is 283 g/mol. The molecule has 3 nitrogen and oxygen atoms in total. The number of benzene rings is 1. The largest absolute Gasteiger partial charge is 0.493 e. The first-order chi connectivity index (χ1) is 9.35. The van der Waals surface area contributed by atoms with Crippen LogP contribution in [-0.4, -0.2) is 20.8 Å². The Kier molecular flexibility index (Phi) is 5.81. The molecule has 0 fully saturated rings. The van der Waals surface area contributed by atoms with Crippen LogP contribution in [0.3, 0.4) is 0 Å². The maximum absolute atomic E-state index is 14.4. The number of methoxy groups -OCH3 is 2. The predicted molar refractivity (Wildman–Crippen MR) is 80.0 cm³/mol. The Bertz CT molecular complexity index is 441. The zero-order chi connectivity index (χ0) is 15.3. The van der Waals surface area contributed by atoms with Crippen LogP contribution in [0.4, 0.5) is 4.39 Å². The van der Waals surface area contributed by atoms with Gasteiger partial charge >= 0.3 is 0 Å². The molecule has 0 saturated carbocycles. The maximum atomic E-state index is 14.4. The van der Waals surface area contributed by atoms with Crippen LogP contribution in [0.15, 0.2) is 12.1 Å². The second kappa shape index (κ2) is 6.93. The normalized spacial score (nSPS) is 13.2. The third-order valence-corrected chi connectivity index (χ3v) is 3.28. The van der Waals surface area contributed by atoms with Crippen molar-refractivity contribution in [2.24, 2.45) is 5.41 Å². The highest BCUT2D eigenvalue weighted by Gasteiger charge is 2.29. The molecule has 0 aliphatic rings. The SMILES string of the molecule is CCCNC(c1cc(OC)c(OC)cc1F)C(C)(C)C. The fourth-order valence-corrected chi connectivity index (χ4v) is 2.26. The summed E-state index contributed by atoms with van der Waals surface area (Å²) in [4.78, 5) is 0. The van der Waals surface area contributed by atoms with E-state index in [1.54, 1.807) is 13.2 Å². The Morgan fingerprint density at radius 1 is 1.15 bits per heavy atom. The zero-order valence-corrected chi connectivity index (χ0v) is 13.3. The summed E-state index contributed by atoms with van der Waals surface area (Å²) in [5, 5.41) is 3.42. The summed E-state index contributed by atoms with van der Waals surface area (Å²) in [5.74, 6) is 0.694. The van der Waals surface area contributed by atoms with E-state index in [9.17, 15) is 4.39 Å². The van der Waals surface area contributed by atoms with Crippen LogP contribution in [0.5, 0.6) is 11.5 Å². The van der Waals surface area contributed by atoms with Gasteiger partial charge in [0, 0.05) is 17.7 Å². The van der Waals surface area contributed by atoms with Crippen molar-refractivity contribution in [3.05, 3.63) is 23.5 Å². The molecule has 0 aliphatic heterocycles. The smallest absolute Gasteiger partial charge is 0.163 e. The third-order valence-electron chi connectivity index (χ3n) is 3.28. The van der Waals surface area contributed by atoms with Crippen LogP contribution in [0.1, 0.15) is 45.7 Å². The lowest BCUT2D eigenvalue weighted by Gasteiger charge is -2.32. The maximum Gasteiger partial charge on any atom is 0.163 e. The average molecular weight is 283 g/mol. The zero-order valence-electron chi connectivity index (χ0n) is 13.3. The predicted octanol–water partition coefficient (Wildman–Crippen LogP) is 3.93. The number of hydrogen-bond donors (Lipinski definition) is 1. The molecule has 0 radical (unpaired) electrons. The molecule has 0 bridgehead atoms. The topological polar surface area (TPSA) is 30.5 Å². The van der Waals surface area contributed by atoms with Crippen molar-refractivity contribution >= 4 is 0 Å². The van der Waals surface area contributed by atoms with Gasteiger partial charge < -0.3 is 14.8 Å². The molecule has 20 heavy (non-hydrogen) atoms. The lowest BCUT2D eigenvalue weighted by atomic mass is 9.82. The van der Waals surface area contributed by atoms with Gasteiger partial charge in [0.2, 0.25) is 0 Å². The van der Waals surface area contributed by atoms with Crippen LogP contribution >= 0.6 is 0 Å². The standard InChI is InChI=1S/C16H26FNO2/c1-7-8-18-15(16(2,3)4)11-9-13(19-5)14(20-6)10-12(11)17/h9-10,15,18H,7-8H2,1-6H3. The van der Waals surface area contributed by atoms with Crippen molar-refractivity contribution in [3.63, 3.8) is 0 Å². The molecule has 1 rings (SSSR count). The Morgan fingerprint density at radius 3 is 2.15 bits per heavy atom. The van der Waals surface area contributed by atoms with Crippen LogP contribution in [0.2, 0.25) is 0 Å². The summed E-state index contributed by atoms with van der Waals surface area (Å²) in [5.41, 5.74) is 0.513. The van der Waals surface area contributed by atoms with E-state index in [2.05, 4.69) is 33.0 Å². The number of ether oxygens (including phenoxy) is 2.